The van der Waals surface area contributed by atoms with Crippen molar-refractivity contribution in [3.63, 3.8) is 0 Å². The fourth-order valence-electron chi connectivity index (χ4n) is 1.51. The van der Waals surface area contributed by atoms with E-state index in [1.165, 1.54) is 0 Å². The Morgan fingerprint density at radius 1 is 1.50 bits per heavy atom. The Labute approximate surface area is 101 Å². The van der Waals surface area contributed by atoms with Gasteiger partial charge in [0, 0.05) is 11.1 Å². The van der Waals surface area contributed by atoms with Gasteiger partial charge in [0.2, 0.25) is 0 Å². The summed E-state index contributed by atoms with van der Waals surface area (Å²) in [6, 6.07) is 7.38. The first-order valence-corrected chi connectivity index (χ1v) is 5.64. The average molecular weight is 242 g/mol. The quantitative estimate of drug-likeness (QED) is 0.806. The Bertz CT molecular complexity index is 355. The maximum atomic E-state index is 11.4. The van der Waals surface area contributed by atoms with Crippen molar-refractivity contribution in [2.45, 2.75) is 19.4 Å². The smallest absolute Gasteiger partial charge is 0.307 e. The molecule has 1 N–H and O–H groups in total. The third-order valence-corrected chi connectivity index (χ3v) is 2.65. The number of hydrogen-bond donors (Lipinski definition) is 1. The summed E-state index contributed by atoms with van der Waals surface area (Å²) in [6.45, 7) is 2.19. The van der Waals surface area contributed by atoms with Crippen molar-refractivity contribution in [2.24, 2.45) is 0 Å². The topological polar surface area (TPSA) is 38.3 Å². The summed E-state index contributed by atoms with van der Waals surface area (Å²) in [5.74, 6) is -0.221. The molecule has 1 rings (SSSR count). The van der Waals surface area contributed by atoms with Crippen molar-refractivity contribution in [1.29, 1.82) is 0 Å². The molecule has 0 aliphatic rings. The molecule has 0 radical (unpaired) electrons. The highest BCUT2D eigenvalue weighted by Gasteiger charge is 2.16. The van der Waals surface area contributed by atoms with Gasteiger partial charge in [-0.15, -0.1) is 0 Å². The summed E-state index contributed by atoms with van der Waals surface area (Å²) in [7, 11) is 1.80. The molecule has 0 bridgehead atoms. The van der Waals surface area contributed by atoms with Gasteiger partial charge in [-0.1, -0.05) is 29.8 Å². The molecule has 16 heavy (non-hydrogen) atoms. The van der Waals surface area contributed by atoms with Crippen LogP contribution in [-0.2, 0) is 9.53 Å². The number of carbonyl (C=O) groups excluding carboxylic acids is 1. The number of benzene rings is 1. The van der Waals surface area contributed by atoms with E-state index in [1.807, 2.05) is 24.3 Å². The number of halogens is 1. The van der Waals surface area contributed by atoms with Crippen LogP contribution >= 0.6 is 11.6 Å². The molecule has 0 aromatic heterocycles. The van der Waals surface area contributed by atoms with E-state index in [0.29, 0.717) is 11.6 Å². The Balaban J connectivity index is 2.75. The van der Waals surface area contributed by atoms with Gasteiger partial charge in [-0.05, 0) is 25.6 Å². The van der Waals surface area contributed by atoms with Gasteiger partial charge in [-0.25, -0.2) is 0 Å². The molecule has 0 spiro atoms. The zero-order valence-electron chi connectivity index (χ0n) is 9.50. The first-order valence-electron chi connectivity index (χ1n) is 5.26. The molecule has 1 atom stereocenters. The molecule has 88 valence electrons. The molecule has 0 heterocycles. The van der Waals surface area contributed by atoms with Crippen LogP contribution in [0.25, 0.3) is 0 Å². The number of esters is 1. The Hall–Kier alpha value is -1.06. The van der Waals surface area contributed by atoms with Crippen LogP contribution < -0.4 is 5.32 Å². The summed E-state index contributed by atoms with van der Waals surface area (Å²) in [5, 5.41) is 3.72. The van der Waals surface area contributed by atoms with Crippen LogP contribution in [0.3, 0.4) is 0 Å². The van der Waals surface area contributed by atoms with Gasteiger partial charge in [-0.2, -0.15) is 0 Å². The molecule has 3 nitrogen and oxygen atoms in total. The highest BCUT2D eigenvalue weighted by atomic mass is 35.5. The van der Waals surface area contributed by atoms with Crippen molar-refractivity contribution < 1.29 is 9.53 Å². The van der Waals surface area contributed by atoms with Crippen molar-refractivity contribution in [2.75, 3.05) is 13.7 Å². The lowest BCUT2D eigenvalue weighted by Crippen LogP contribution is -2.21. The van der Waals surface area contributed by atoms with E-state index in [1.54, 1.807) is 14.0 Å². The fourth-order valence-corrected chi connectivity index (χ4v) is 1.78. The molecule has 1 aromatic rings. The number of rotatable bonds is 5. The first kappa shape index (κ1) is 13.0. The Morgan fingerprint density at radius 3 is 2.75 bits per heavy atom. The van der Waals surface area contributed by atoms with Crippen molar-refractivity contribution in [1.82, 2.24) is 5.32 Å². The normalized spacial score (nSPS) is 12.2. The van der Waals surface area contributed by atoms with Gasteiger partial charge in [0.15, 0.2) is 0 Å². The van der Waals surface area contributed by atoms with Gasteiger partial charge >= 0.3 is 5.97 Å². The van der Waals surface area contributed by atoms with Crippen LogP contribution in [0.2, 0.25) is 5.02 Å². The molecule has 0 saturated carbocycles. The lowest BCUT2D eigenvalue weighted by Gasteiger charge is -2.16. The van der Waals surface area contributed by atoms with Crippen LogP contribution in [0.5, 0.6) is 0 Å². The third kappa shape index (κ3) is 3.51. The van der Waals surface area contributed by atoms with Crippen molar-refractivity contribution >= 4 is 17.6 Å². The number of carbonyl (C=O) groups is 1. The summed E-state index contributed by atoms with van der Waals surface area (Å²) < 4.78 is 4.91. The Morgan fingerprint density at radius 2 is 2.19 bits per heavy atom. The highest BCUT2D eigenvalue weighted by molar-refractivity contribution is 6.31. The predicted octanol–water partition coefficient (Wildman–Crippen LogP) is 2.55. The summed E-state index contributed by atoms with van der Waals surface area (Å²) in [4.78, 5) is 11.4. The SMILES string of the molecule is CCOC(=O)C[C@@H](NC)c1ccccc1Cl. The standard InChI is InChI=1S/C12H16ClNO2/c1-3-16-12(15)8-11(14-2)9-6-4-5-7-10(9)13/h4-7,11,14H,3,8H2,1-2H3/t11-/m1/s1. The monoisotopic (exact) mass is 241 g/mol. The maximum Gasteiger partial charge on any atom is 0.307 e. The van der Waals surface area contributed by atoms with E-state index in [-0.39, 0.29) is 18.4 Å². The minimum Gasteiger partial charge on any atom is -0.466 e. The molecule has 0 aliphatic carbocycles. The molecule has 0 saturated heterocycles. The molecule has 0 amide bonds. The minimum absolute atomic E-state index is 0.104. The van der Waals surface area contributed by atoms with E-state index in [2.05, 4.69) is 5.32 Å². The molecule has 4 heteroatoms. The number of ether oxygens (including phenoxy) is 1. The van der Waals surface area contributed by atoms with E-state index in [9.17, 15) is 4.79 Å². The average Bonchev–Trinajstić information content (AvgIpc) is 2.27. The van der Waals surface area contributed by atoms with Crippen LogP contribution in [0, 0.1) is 0 Å². The van der Waals surface area contributed by atoms with Gasteiger partial charge < -0.3 is 10.1 Å². The molecular weight excluding hydrogens is 226 g/mol. The second kappa shape index (κ2) is 6.51. The van der Waals surface area contributed by atoms with Crippen molar-refractivity contribution in [3.8, 4) is 0 Å². The second-order valence-corrected chi connectivity index (χ2v) is 3.78. The largest absolute Gasteiger partial charge is 0.466 e. The second-order valence-electron chi connectivity index (χ2n) is 3.37. The minimum atomic E-state index is -0.221. The van der Waals surface area contributed by atoms with Gasteiger partial charge in [0.25, 0.3) is 0 Å². The molecule has 0 unspecified atom stereocenters. The Kier molecular flexibility index (Phi) is 5.29. The number of hydrogen-bond acceptors (Lipinski definition) is 3. The van der Waals surface area contributed by atoms with Crippen molar-refractivity contribution in [3.05, 3.63) is 34.9 Å². The molecule has 1 aromatic carbocycles. The molecular formula is C12H16ClNO2. The van der Waals surface area contributed by atoms with E-state index in [4.69, 9.17) is 16.3 Å². The summed E-state index contributed by atoms with van der Waals surface area (Å²) in [5.41, 5.74) is 0.916. The lowest BCUT2D eigenvalue weighted by molar-refractivity contribution is -0.143. The zero-order chi connectivity index (χ0) is 12.0. The van der Waals surface area contributed by atoms with Gasteiger partial charge in [0.1, 0.15) is 0 Å². The fraction of sp³-hybridized carbons (Fsp3) is 0.417. The predicted molar refractivity (Wildman–Crippen MR) is 64.5 cm³/mol. The molecule has 0 fully saturated rings. The van der Waals surface area contributed by atoms with Crippen LogP contribution in [0.1, 0.15) is 24.9 Å². The first-order chi connectivity index (χ1) is 7.69. The summed E-state index contributed by atoms with van der Waals surface area (Å²) in [6.07, 6.45) is 0.286. The summed E-state index contributed by atoms with van der Waals surface area (Å²) >= 11 is 6.07. The van der Waals surface area contributed by atoms with Gasteiger partial charge in [-0.3, -0.25) is 4.79 Å². The maximum absolute atomic E-state index is 11.4. The van der Waals surface area contributed by atoms with Crippen LogP contribution in [0.4, 0.5) is 0 Å². The third-order valence-electron chi connectivity index (χ3n) is 2.31. The van der Waals surface area contributed by atoms with Crippen LogP contribution in [-0.4, -0.2) is 19.6 Å². The van der Waals surface area contributed by atoms with E-state index < -0.39 is 0 Å². The van der Waals surface area contributed by atoms with E-state index in [0.717, 1.165) is 5.56 Å². The zero-order valence-corrected chi connectivity index (χ0v) is 10.3. The highest BCUT2D eigenvalue weighted by Crippen LogP contribution is 2.24. The molecule has 0 aliphatic heterocycles. The lowest BCUT2D eigenvalue weighted by atomic mass is 10.0. The number of nitrogens with one attached hydrogen (secondary N) is 1. The van der Waals surface area contributed by atoms with E-state index >= 15 is 0 Å². The van der Waals surface area contributed by atoms with Crippen LogP contribution in [0.15, 0.2) is 24.3 Å². The van der Waals surface area contributed by atoms with Gasteiger partial charge in [0.05, 0.1) is 13.0 Å².